The van der Waals surface area contributed by atoms with Gasteiger partial charge in [-0.3, -0.25) is 0 Å². The molecule has 9 N–H and O–H groups in total. The highest BCUT2D eigenvalue weighted by molar-refractivity contribution is 5.85. The minimum atomic E-state index is -1.88. The average Bonchev–Trinajstić information content (AvgIpc) is 2.83. The predicted octanol–water partition coefficient (Wildman–Crippen LogP) is -3.15. The van der Waals surface area contributed by atoms with Gasteiger partial charge in [0, 0.05) is 6.08 Å². The molecule has 1 aromatic carbocycles. The van der Waals surface area contributed by atoms with Crippen molar-refractivity contribution in [2.24, 2.45) is 5.73 Å². The zero-order valence-electron chi connectivity index (χ0n) is 18.1. The molecule has 2 heterocycles. The molecule has 0 unspecified atom stereocenters. The van der Waals surface area contributed by atoms with Crippen LogP contribution in [0.3, 0.4) is 0 Å². The summed E-state index contributed by atoms with van der Waals surface area (Å²) in [5.74, 6) is -2.59. The van der Waals surface area contributed by atoms with Gasteiger partial charge in [-0.05, 0) is 23.8 Å². The predicted molar refractivity (Wildman–Crippen MR) is 113 cm³/mol. The maximum absolute atomic E-state index is 11.8. The van der Waals surface area contributed by atoms with E-state index in [1.54, 1.807) is 0 Å². The molecule has 0 spiro atoms. The quantitative estimate of drug-likeness (QED) is 0.164. The Kier molecular flexibility index (Phi) is 8.76. The van der Waals surface area contributed by atoms with E-state index >= 15 is 0 Å². The first-order valence-corrected chi connectivity index (χ1v) is 10.5. The second-order valence-corrected chi connectivity index (χ2v) is 7.99. The van der Waals surface area contributed by atoms with Crippen molar-refractivity contribution in [2.45, 2.75) is 61.3 Å². The molecule has 0 aliphatic carbocycles. The zero-order valence-corrected chi connectivity index (χ0v) is 18.1. The summed E-state index contributed by atoms with van der Waals surface area (Å²) in [5.41, 5.74) is 6.32. The van der Waals surface area contributed by atoms with E-state index in [4.69, 9.17) is 29.8 Å². The van der Waals surface area contributed by atoms with Crippen LogP contribution in [0.1, 0.15) is 5.56 Å². The first-order chi connectivity index (χ1) is 16.5. The number of rotatable bonds is 8. The molecule has 0 radical (unpaired) electrons. The number of hydrogen-bond acceptors (Lipinski definition) is 12. The summed E-state index contributed by atoms with van der Waals surface area (Å²) in [4.78, 5) is 22.4. The van der Waals surface area contributed by atoms with E-state index < -0.39 is 79.9 Å². The Morgan fingerprint density at radius 1 is 0.943 bits per heavy atom. The smallest absolute Gasteiger partial charge is 0.335 e. The van der Waals surface area contributed by atoms with Crippen molar-refractivity contribution in [3.63, 3.8) is 0 Å². The Morgan fingerprint density at radius 3 is 2.17 bits per heavy atom. The Bertz CT molecular complexity index is 907. The summed E-state index contributed by atoms with van der Waals surface area (Å²) < 4.78 is 21.5. The van der Waals surface area contributed by atoms with Gasteiger partial charge < -0.3 is 60.4 Å². The van der Waals surface area contributed by atoms with E-state index in [1.165, 1.54) is 30.3 Å². The monoisotopic (exact) mass is 501 g/mol. The van der Waals surface area contributed by atoms with Crippen molar-refractivity contribution < 1.29 is 64.3 Å². The van der Waals surface area contributed by atoms with Crippen LogP contribution in [0.25, 0.3) is 6.08 Å². The summed E-state index contributed by atoms with van der Waals surface area (Å²) in [7, 11) is 0. The zero-order chi connectivity index (χ0) is 25.9. The van der Waals surface area contributed by atoms with Crippen molar-refractivity contribution in [3.8, 4) is 5.75 Å². The van der Waals surface area contributed by atoms with E-state index in [0.717, 1.165) is 6.08 Å². The van der Waals surface area contributed by atoms with Crippen molar-refractivity contribution in [1.29, 1.82) is 0 Å². The Morgan fingerprint density at radius 2 is 1.60 bits per heavy atom. The average molecular weight is 501 g/mol. The molecule has 3 rings (SSSR count). The highest BCUT2D eigenvalue weighted by Crippen LogP contribution is 2.30. The van der Waals surface area contributed by atoms with Gasteiger partial charge in [-0.1, -0.05) is 12.1 Å². The molecule has 10 atom stereocenters. The Hall–Kier alpha value is -2.66. The molecular weight excluding hydrogens is 474 g/mol. The lowest BCUT2D eigenvalue weighted by Gasteiger charge is -2.45. The van der Waals surface area contributed by atoms with Gasteiger partial charge >= 0.3 is 11.9 Å². The number of benzene rings is 1. The summed E-state index contributed by atoms with van der Waals surface area (Å²) in [6, 6.07) is 4.45. The van der Waals surface area contributed by atoms with E-state index in [2.05, 4.69) is 0 Å². The van der Waals surface area contributed by atoms with E-state index in [-0.39, 0.29) is 5.75 Å². The van der Waals surface area contributed by atoms with Crippen LogP contribution in [0.5, 0.6) is 5.75 Å². The van der Waals surface area contributed by atoms with Gasteiger partial charge in [-0.25, -0.2) is 9.59 Å². The summed E-state index contributed by atoms with van der Waals surface area (Å²) >= 11 is 0. The van der Waals surface area contributed by atoms with Crippen molar-refractivity contribution in [1.82, 2.24) is 0 Å². The normalized spacial score (nSPS) is 37.8. The number of carbonyl (C=O) groups is 2. The van der Waals surface area contributed by atoms with E-state index in [0.29, 0.717) is 5.56 Å². The molecule has 14 heteroatoms. The van der Waals surface area contributed by atoms with Crippen LogP contribution in [0.15, 0.2) is 30.3 Å². The molecule has 35 heavy (non-hydrogen) atoms. The van der Waals surface area contributed by atoms with Crippen molar-refractivity contribution in [2.75, 3.05) is 6.61 Å². The van der Waals surface area contributed by atoms with Gasteiger partial charge in [0.2, 0.25) is 6.29 Å². The first kappa shape index (κ1) is 26.9. The van der Waals surface area contributed by atoms with Gasteiger partial charge in [-0.2, -0.15) is 0 Å². The molecular formula is C21H27NO13. The second-order valence-electron chi connectivity index (χ2n) is 7.99. The molecule has 194 valence electrons. The third-order valence-electron chi connectivity index (χ3n) is 5.56. The van der Waals surface area contributed by atoms with Crippen LogP contribution in [-0.4, -0.2) is 116 Å². The summed E-state index contributed by atoms with van der Waals surface area (Å²) in [6.45, 7) is -0.708. The third-order valence-corrected chi connectivity index (χ3v) is 5.56. The van der Waals surface area contributed by atoms with Gasteiger partial charge in [0.05, 0.1) is 12.6 Å². The lowest BCUT2D eigenvalue weighted by Crippen LogP contribution is -2.67. The molecule has 2 saturated heterocycles. The van der Waals surface area contributed by atoms with Crippen LogP contribution in [0.4, 0.5) is 0 Å². The number of hydrogen-bond donors (Lipinski definition) is 8. The fourth-order valence-electron chi connectivity index (χ4n) is 3.62. The second kappa shape index (κ2) is 11.4. The lowest BCUT2D eigenvalue weighted by molar-refractivity contribution is -0.330. The van der Waals surface area contributed by atoms with E-state index in [1.807, 2.05) is 0 Å². The summed E-state index contributed by atoms with van der Waals surface area (Å²) in [6.07, 6.45) is -12.6. The Balaban J connectivity index is 1.73. The minimum absolute atomic E-state index is 0.123. The fraction of sp³-hybridized carbons (Fsp3) is 0.524. The van der Waals surface area contributed by atoms with E-state index in [9.17, 15) is 40.2 Å². The number of aliphatic carboxylic acids is 2. The maximum atomic E-state index is 11.8. The molecule has 1 aromatic rings. The van der Waals surface area contributed by atoms with Crippen LogP contribution in [-0.2, 0) is 23.8 Å². The standard InChI is InChI=1S/C21H27NO13/c22-12-14(27)13(26)10(7-23)33-20(12)34-17-15(28)16(29)21(35-18(17)19(30)31)32-9-4-1-8(2-5-9)3-6-11(24)25/h1-6,10,12-18,20-21,23,26-29H,7,22H2,(H,24,25)(H,30,31)/b6-3+/t10-,12-,13-,14-,15-,16-,17+,18+,20-,21-/m1/s1. The maximum Gasteiger partial charge on any atom is 0.335 e. The first-order valence-electron chi connectivity index (χ1n) is 10.5. The number of aliphatic hydroxyl groups is 5. The van der Waals surface area contributed by atoms with Gasteiger partial charge in [0.15, 0.2) is 12.4 Å². The van der Waals surface area contributed by atoms with Crippen molar-refractivity contribution >= 4 is 18.0 Å². The highest BCUT2D eigenvalue weighted by atomic mass is 16.7. The third kappa shape index (κ3) is 6.13. The number of ether oxygens (including phenoxy) is 4. The largest absolute Gasteiger partial charge is 0.479 e. The lowest BCUT2D eigenvalue weighted by atomic mass is 9.96. The SMILES string of the molecule is N[C@H]1[C@@H](O[C@H]2[C@H](O)[C@@H](O)[C@H](Oc3ccc(/C=C/C(=O)O)cc3)O[C@@H]2C(=O)O)O[C@H](CO)[C@@H](O)[C@@H]1O. The Labute approximate surface area is 198 Å². The van der Waals surface area contributed by atoms with Gasteiger partial charge in [0.1, 0.15) is 42.4 Å². The van der Waals surface area contributed by atoms with Gasteiger partial charge in [0.25, 0.3) is 0 Å². The molecule has 0 aromatic heterocycles. The topological polar surface area (TPSA) is 239 Å². The molecule has 14 nitrogen and oxygen atoms in total. The minimum Gasteiger partial charge on any atom is -0.479 e. The van der Waals surface area contributed by atoms with Crippen LogP contribution < -0.4 is 10.5 Å². The molecule has 0 amide bonds. The number of carboxylic acid groups (broad SMARTS) is 2. The summed E-state index contributed by atoms with van der Waals surface area (Å²) in [5, 5.41) is 68.7. The van der Waals surface area contributed by atoms with Crippen molar-refractivity contribution in [3.05, 3.63) is 35.9 Å². The van der Waals surface area contributed by atoms with Crippen LogP contribution >= 0.6 is 0 Å². The number of nitrogens with two attached hydrogens (primary N) is 1. The number of aliphatic hydroxyl groups excluding tert-OH is 5. The molecule has 2 fully saturated rings. The fourth-order valence-corrected chi connectivity index (χ4v) is 3.62. The highest BCUT2D eigenvalue weighted by Gasteiger charge is 2.52. The van der Waals surface area contributed by atoms with Crippen LogP contribution in [0.2, 0.25) is 0 Å². The number of carboxylic acids is 2. The molecule has 0 bridgehead atoms. The van der Waals surface area contributed by atoms with Gasteiger partial charge in [-0.15, -0.1) is 0 Å². The molecule has 0 saturated carbocycles. The van der Waals surface area contributed by atoms with Crippen LogP contribution in [0, 0.1) is 0 Å². The molecule has 2 aliphatic heterocycles. The molecule has 2 aliphatic rings.